The Morgan fingerprint density at radius 1 is 1.06 bits per heavy atom. The summed E-state index contributed by atoms with van der Waals surface area (Å²) in [6, 6.07) is 0. The molecule has 2 aliphatic rings. The van der Waals surface area contributed by atoms with Crippen LogP contribution in [0, 0.1) is 0 Å². The zero-order valence-electron chi connectivity index (χ0n) is 11.5. The second kappa shape index (κ2) is 4.75. The van der Waals surface area contributed by atoms with E-state index in [9.17, 15) is 0 Å². The van der Waals surface area contributed by atoms with Crippen LogP contribution in [0.4, 0.5) is 0 Å². The van der Waals surface area contributed by atoms with Gasteiger partial charge < -0.3 is 9.31 Å². The van der Waals surface area contributed by atoms with Gasteiger partial charge in [-0.3, -0.25) is 4.90 Å². The van der Waals surface area contributed by atoms with Gasteiger partial charge in [0.15, 0.2) is 0 Å². The highest BCUT2D eigenvalue weighted by Gasteiger charge is 2.49. The minimum atomic E-state index is -0.227. The molecule has 3 nitrogen and oxygen atoms in total. The Morgan fingerprint density at radius 3 is 2.12 bits per heavy atom. The summed E-state index contributed by atoms with van der Waals surface area (Å²) in [5, 5.41) is 0. The molecule has 0 unspecified atom stereocenters. The Morgan fingerprint density at radius 2 is 1.59 bits per heavy atom. The molecule has 2 rings (SSSR count). The van der Waals surface area contributed by atoms with Gasteiger partial charge in [0.25, 0.3) is 0 Å². The van der Waals surface area contributed by atoms with Gasteiger partial charge in [0.2, 0.25) is 0 Å². The van der Waals surface area contributed by atoms with Crippen LogP contribution in [0.15, 0.2) is 12.1 Å². The molecule has 0 aromatic heterocycles. The smallest absolute Gasteiger partial charge is 0.400 e. The summed E-state index contributed by atoms with van der Waals surface area (Å²) in [7, 11) is -0.192. The average molecular weight is 237 g/mol. The van der Waals surface area contributed by atoms with E-state index in [1.54, 1.807) is 0 Å². The Bertz CT molecular complexity index is 280. The molecule has 2 fully saturated rings. The van der Waals surface area contributed by atoms with E-state index in [2.05, 4.69) is 44.6 Å². The van der Waals surface area contributed by atoms with Gasteiger partial charge in [-0.05, 0) is 53.6 Å². The first kappa shape index (κ1) is 13.1. The van der Waals surface area contributed by atoms with Gasteiger partial charge in [-0.25, -0.2) is 0 Å². The molecule has 0 amide bonds. The molecule has 0 aliphatic carbocycles. The summed E-state index contributed by atoms with van der Waals surface area (Å²) < 4.78 is 11.8. The molecule has 0 saturated carbocycles. The number of nitrogens with zero attached hydrogens (tertiary/aromatic N) is 1. The molecule has 0 radical (unpaired) electrons. The fourth-order valence-corrected chi connectivity index (χ4v) is 2.25. The molecule has 4 heteroatoms. The maximum atomic E-state index is 5.90. The first-order chi connectivity index (χ1) is 7.91. The Balaban J connectivity index is 1.82. The largest absolute Gasteiger partial charge is 0.486 e. The maximum absolute atomic E-state index is 5.90. The van der Waals surface area contributed by atoms with Crippen LogP contribution in [0.1, 0.15) is 40.5 Å². The third-order valence-electron chi connectivity index (χ3n) is 4.13. The van der Waals surface area contributed by atoms with Crippen LogP contribution in [-0.2, 0) is 9.31 Å². The second-order valence-electron chi connectivity index (χ2n) is 6.06. The summed E-state index contributed by atoms with van der Waals surface area (Å²) in [6.45, 7) is 11.8. The molecule has 2 aliphatic heterocycles. The standard InChI is InChI=1S/C13H24BNO2/c1-12(2)13(3,4)17-14(16-12)8-7-11-15-9-5-6-10-15/h7-8H,5-6,9-11H2,1-4H3/b8-7+. The predicted molar refractivity (Wildman–Crippen MR) is 70.9 cm³/mol. The van der Waals surface area contributed by atoms with E-state index in [4.69, 9.17) is 9.31 Å². The quantitative estimate of drug-likeness (QED) is 0.703. The molecule has 17 heavy (non-hydrogen) atoms. The summed E-state index contributed by atoms with van der Waals surface area (Å²) in [4.78, 5) is 2.46. The minimum Gasteiger partial charge on any atom is -0.400 e. The summed E-state index contributed by atoms with van der Waals surface area (Å²) >= 11 is 0. The van der Waals surface area contributed by atoms with Crippen LogP contribution in [0.2, 0.25) is 0 Å². The van der Waals surface area contributed by atoms with Gasteiger partial charge in [0.05, 0.1) is 11.2 Å². The molecule has 2 heterocycles. The summed E-state index contributed by atoms with van der Waals surface area (Å²) in [5.74, 6) is 2.05. The van der Waals surface area contributed by atoms with Crippen LogP contribution in [-0.4, -0.2) is 42.9 Å². The molecule has 2 saturated heterocycles. The van der Waals surface area contributed by atoms with E-state index in [0.717, 1.165) is 6.54 Å². The van der Waals surface area contributed by atoms with Crippen LogP contribution < -0.4 is 0 Å². The zero-order valence-corrected chi connectivity index (χ0v) is 11.5. The van der Waals surface area contributed by atoms with Crippen LogP contribution in [0.3, 0.4) is 0 Å². The van der Waals surface area contributed by atoms with Crippen molar-refractivity contribution in [3.8, 4) is 0 Å². The second-order valence-corrected chi connectivity index (χ2v) is 6.06. The van der Waals surface area contributed by atoms with Crippen molar-refractivity contribution >= 4 is 7.12 Å². The number of likely N-dealkylation sites (tertiary alicyclic amines) is 1. The summed E-state index contributed by atoms with van der Waals surface area (Å²) in [6.07, 6.45) is 4.85. The van der Waals surface area contributed by atoms with Gasteiger partial charge >= 0.3 is 7.12 Å². The van der Waals surface area contributed by atoms with Crippen LogP contribution in [0.5, 0.6) is 0 Å². The van der Waals surface area contributed by atoms with Gasteiger partial charge in [-0.1, -0.05) is 12.1 Å². The van der Waals surface area contributed by atoms with Crippen molar-refractivity contribution in [1.82, 2.24) is 4.90 Å². The van der Waals surface area contributed by atoms with E-state index in [0.29, 0.717) is 0 Å². The Hall–Kier alpha value is -0.315. The van der Waals surface area contributed by atoms with Crippen molar-refractivity contribution < 1.29 is 9.31 Å². The van der Waals surface area contributed by atoms with E-state index < -0.39 is 0 Å². The van der Waals surface area contributed by atoms with E-state index >= 15 is 0 Å². The van der Waals surface area contributed by atoms with Crippen LogP contribution in [0.25, 0.3) is 0 Å². The number of hydrogen-bond acceptors (Lipinski definition) is 3. The fourth-order valence-electron chi connectivity index (χ4n) is 2.25. The molecular formula is C13H24BNO2. The molecular weight excluding hydrogens is 213 g/mol. The first-order valence-corrected chi connectivity index (χ1v) is 6.65. The molecule has 0 spiro atoms. The molecule has 0 N–H and O–H groups in total. The third-order valence-corrected chi connectivity index (χ3v) is 4.13. The highest BCUT2D eigenvalue weighted by molar-refractivity contribution is 6.51. The lowest BCUT2D eigenvalue weighted by Crippen LogP contribution is -2.41. The molecule has 0 bridgehead atoms. The number of hydrogen-bond donors (Lipinski definition) is 0. The minimum absolute atomic E-state index is 0.192. The summed E-state index contributed by atoms with van der Waals surface area (Å²) in [5.41, 5.74) is -0.453. The molecule has 96 valence electrons. The van der Waals surface area contributed by atoms with Gasteiger partial charge in [-0.15, -0.1) is 0 Å². The van der Waals surface area contributed by atoms with Gasteiger partial charge in [-0.2, -0.15) is 0 Å². The van der Waals surface area contributed by atoms with E-state index in [-0.39, 0.29) is 18.3 Å². The average Bonchev–Trinajstić information content (AvgIpc) is 2.74. The predicted octanol–water partition coefficient (Wildman–Crippen LogP) is 2.27. The molecule has 0 atom stereocenters. The van der Waals surface area contributed by atoms with Crippen molar-refractivity contribution in [3.05, 3.63) is 12.1 Å². The topological polar surface area (TPSA) is 21.7 Å². The highest BCUT2D eigenvalue weighted by Crippen LogP contribution is 2.36. The van der Waals surface area contributed by atoms with Gasteiger partial charge in [0, 0.05) is 6.54 Å². The normalized spacial score (nSPS) is 28.4. The highest BCUT2D eigenvalue weighted by atomic mass is 16.7. The Labute approximate surface area is 105 Å². The maximum Gasteiger partial charge on any atom is 0.486 e. The monoisotopic (exact) mass is 237 g/mol. The lowest BCUT2D eigenvalue weighted by molar-refractivity contribution is 0.00578. The lowest BCUT2D eigenvalue weighted by atomic mass is 9.90. The SMILES string of the molecule is CC1(C)OB(/C=C/CN2CCCC2)OC1(C)C. The van der Waals surface area contributed by atoms with Crippen molar-refractivity contribution in [2.75, 3.05) is 19.6 Å². The molecule has 0 aromatic rings. The van der Waals surface area contributed by atoms with E-state index in [1.807, 2.05) is 0 Å². The van der Waals surface area contributed by atoms with Crippen molar-refractivity contribution in [3.63, 3.8) is 0 Å². The van der Waals surface area contributed by atoms with Crippen molar-refractivity contribution in [2.24, 2.45) is 0 Å². The van der Waals surface area contributed by atoms with Crippen LogP contribution >= 0.6 is 0 Å². The van der Waals surface area contributed by atoms with Crippen molar-refractivity contribution in [1.29, 1.82) is 0 Å². The fraction of sp³-hybridized carbons (Fsp3) is 0.846. The third kappa shape index (κ3) is 2.93. The lowest BCUT2D eigenvalue weighted by Gasteiger charge is -2.32. The Kier molecular flexibility index (Phi) is 3.67. The zero-order chi connectivity index (χ0) is 12.5. The van der Waals surface area contributed by atoms with Crippen molar-refractivity contribution in [2.45, 2.75) is 51.7 Å². The number of rotatable bonds is 3. The van der Waals surface area contributed by atoms with Gasteiger partial charge in [0.1, 0.15) is 0 Å². The van der Waals surface area contributed by atoms with E-state index in [1.165, 1.54) is 25.9 Å². The first-order valence-electron chi connectivity index (χ1n) is 6.65. The molecule has 0 aromatic carbocycles.